The lowest BCUT2D eigenvalue weighted by atomic mass is 9.91. The van der Waals surface area contributed by atoms with Crippen LogP contribution >= 0.6 is 31.1 Å². The SMILES string of the molecule is O=P(O)(O)CCC(CCP(=O)(O)O)C1=c2ccc([nH]2)=C(c2ccc(Br)cc2)c2ccc([nH]2)C=c2ccc([nH]2)=Cc2ccc1[nH]2. The van der Waals surface area contributed by atoms with E-state index in [0.717, 1.165) is 48.7 Å². The third-order valence-electron chi connectivity index (χ3n) is 7.65. The molecule has 10 nitrogen and oxygen atoms in total. The molecule has 1 aliphatic heterocycles. The zero-order valence-electron chi connectivity index (χ0n) is 23.4. The first kappa shape index (κ1) is 30.6. The number of benzene rings is 1. The first-order valence-electron chi connectivity index (χ1n) is 14.0. The molecule has 0 amide bonds. The Bertz CT molecular complexity index is 2140. The maximum Gasteiger partial charge on any atom is 0.325 e. The summed E-state index contributed by atoms with van der Waals surface area (Å²) in [7, 11) is -8.76. The summed E-state index contributed by atoms with van der Waals surface area (Å²) >= 11 is 3.52. The van der Waals surface area contributed by atoms with Gasteiger partial charge in [0.15, 0.2) is 0 Å². The number of halogens is 1. The minimum Gasteiger partial charge on any atom is -0.355 e. The number of H-pyrrole nitrogens is 4. The van der Waals surface area contributed by atoms with Crippen molar-refractivity contribution in [2.24, 2.45) is 5.92 Å². The van der Waals surface area contributed by atoms with Gasteiger partial charge in [-0.15, -0.1) is 0 Å². The Morgan fingerprint density at radius 1 is 0.614 bits per heavy atom. The summed E-state index contributed by atoms with van der Waals surface area (Å²) in [6, 6.07) is 23.6. The molecular formula is C31H31BrN4O6P2. The van der Waals surface area contributed by atoms with Gasteiger partial charge in [-0.2, -0.15) is 0 Å². The maximum atomic E-state index is 11.9. The van der Waals surface area contributed by atoms with Crippen molar-refractivity contribution in [3.63, 3.8) is 0 Å². The Morgan fingerprint density at radius 3 is 1.75 bits per heavy atom. The highest BCUT2D eigenvalue weighted by Gasteiger charge is 2.26. The molecule has 0 unspecified atom stereocenters. The highest BCUT2D eigenvalue weighted by molar-refractivity contribution is 9.10. The molecule has 0 spiro atoms. The molecule has 8 N–H and O–H groups in total. The Morgan fingerprint density at radius 2 is 1.16 bits per heavy atom. The molecule has 4 aromatic heterocycles. The molecule has 0 saturated carbocycles. The number of hydrogen-bond acceptors (Lipinski definition) is 2. The van der Waals surface area contributed by atoms with Crippen LogP contribution in [0.5, 0.6) is 0 Å². The largest absolute Gasteiger partial charge is 0.355 e. The number of fused-ring (bicyclic) bond motifs is 8. The third-order valence-corrected chi connectivity index (χ3v) is 9.86. The van der Waals surface area contributed by atoms with Crippen molar-refractivity contribution in [2.45, 2.75) is 12.8 Å². The van der Waals surface area contributed by atoms with Crippen LogP contribution in [0, 0.1) is 5.92 Å². The van der Waals surface area contributed by atoms with Crippen molar-refractivity contribution in [2.75, 3.05) is 12.3 Å². The van der Waals surface area contributed by atoms with E-state index in [4.69, 9.17) is 0 Å². The van der Waals surface area contributed by atoms with E-state index in [1.807, 2.05) is 84.9 Å². The van der Waals surface area contributed by atoms with Crippen LogP contribution in [0.15, 0.2) is 77.3 Å². The summed E-state index contributed by atoms with van der Waals surface area (Å²) in [6.45, 7) is 0. The fourth-order valence-electron chi connectivity index (χ4n) is 5.66. The van der Waals surface area contributed by atoms with Crippen molar-refractivity contribution in [1.29, 1.82) is 0 Å². The molecule has 0 fully saturated rings. The van der Waals surface area contributed by atoms with Gasteiger partial charge in [-0.3, -0.25) is 9.13 Å². The van der Waals surface area contributed by atoms with E-state index in [9.17, 15) is 28.7 Å². The molecule has 44 heavy (non-hydrogen) atoms. The van der Waals surface area contributed by atoms with E-state index >= 15 is 0 Å². The van der Waals surface area contributed by atoms with Crippen LogP contribution in [0.2, 0.25) is 0 Å². The first-order valence-corrected chi connectivity index (χ1v) is 18.3. The molecule has 0 atom stereocenters. The highest BCUT2D eigenvalue weighted by atomic mass is 79.9. The zero-order valence-corrected chi connectivity index (χ0v) is 26.7. The topological polar surface area (TPSA) is 178 Å². The lowest BCUT2D eigenvalue weighted by Crippen LogP contribution is -2.22. The van der Waals surface area contributed by atoms with Gasteiger partial charge in [0.2, 0.25) is 0 Å². The molecule has 6 rings (SSSR count). The molecule has 5 aromatic rings. The van der Waals surface area contributed by atoms with E-state index in [-0.39, 0.29) is 12.8 Å². The van der Waals surface area contributed by atoms with Crippen LogP contribution in [0.25, 0.3) is 23.3 Å². The Balaban J connectivity index is 1.65. The molecule has 1 aliphatic rings. The summed E-state index contributed by atoms with van der Waals surface area (Å²) in [5.41, 5.74) is 5.81. The summed E-state index contributed by atoms with van der Waals surface area (Å²) < 4.78 is 24.8. The average molecular weight is 697 g/mol. The summed E-state index contributed by atoms with van der Waals surface area (Å²) in [5, 5.41) is 3.26. The number of hydrogen-bond donors (Lipinski definition) is 8. The average Bonchev–Trinajstić information content (AvgIpc) is 3.76. The molecule has 0 aliphatic carbocycles. The van der Waals surface area contributed by atoms with Crippen LogP contribution in [-0.2, 0) is 9.13 Å². The fraction of sp³-hybridized carbons (Fsp3) is 0.161. The van der Waals surface area contributed by atoms with Crippen molar-refractivity contribution in [3.8, 4) is 0 Å². The predicted molar refractivity (Wildman–Crippen MR) is 174 cm³/mol. The van der Waals surface area contributed by atoms with Crippen molar-refractivity contribution < 1.29 is 28.7 Å². The Kier molecular flexibility index (Phi) is 8.48. The van der Waals surface area contributed by atoms with Crippen molar-refractivity contribution in [3.05, 3.63) is 127 Å². The second-order valence-corrected chi connectivity index (χ2v) is 15.4. The van der Waals surface area contributed by atoms with Crippen LogP contribution in [-0.4, -0.2) is 51.8 Å². The molecule has 5 heterocycles. The van der Waals surface area contributed by atoms with Crippen LogP contribution < -0.4 is 21.4 Å². The Labute approximate surface area is 260 Å². The molecule has 0 radical (unpaired) electrons. The van der Waals surface area contributed by atoms with E-state index < -0.39 is 33.4 Å². The van der Waals surface area contributed by atoms with E-state index in [0.29, 0.717) is 16.6 Å². The normalized spacial score (nSPS) is 13.7. The standard InChI is InChI=1S/C31H31BrN4O6P2/c32-21-3-1-19(2-4-21)30-26-9-7-24(34-26)17-22-5-6-23(33-22)18-25-8-10-27(35-25)31(29-12-11-28(30)36-29)20(13-15-43(37,38)39)14-16-44(40,41)42/h1-12,17-18,20,33-36H,13-16H2,(H2,37,38,39)(H2,40,41,42). The molecule has 1 aromatic carbocycles. The van der Waals surface area contributed by atoms with Crippen LogP contribution in [0.1, 0.15) is 41.2 Å². The molecule has 0 saturated heterocycles. The van der Waals surface area contributed by atoms with Gasteiger partial charge >= 0.3 is 15.2 Å². The molecule has 228 valence electrons. The summed E-state index contributed by atoms with van der Waals surface area (Å²) in [6.07, 6.45) is 3.21. The minimum absolute atomic E-state index is 0.0329. The number of nitrogens with one attached hydrogen (secondary N) is 4. The fourth-order valence-corrected chi connectivity index (χ4v) is 7.23. The quantitative estimate of drug-likeness (QED) is 0.116. The maximum absolute atomic E-state index is 11.9. The second-order valence-electron chi connectivity index (χ2n) is 10.9. The molecule has 13 heteroatoms. The van der Waals surface area contributed by atoms with E-state index in [1.165, 1.54) is 0 Å². The number of rotatable bonds is 8. The number of aromatic nitrogens is 4. The van der Waals surface area contributed by atoms with Crippen molar-refractivity contribution in [1.82, 2.24) is 19.9 Å². The molecule has 8 bridgehead atoms. The lowest BCUT2D eigenvalue weighted by Gasteiger charge is -2.20. The van der Waals surface area contributed by atoms with Crippen molar-refractivity contribution >= 4 is 54.4 Å². The van der Waals surface area contributed by atoms with E-state index in [2.05, 4.69) is 35.9 Å². The monoisotopic (exact) mass is 696 g/mol. The van der Waals surface area contributed by atoms with Gasteiger partial charge in [-0.05, 0) is 97.1 Å². The van der Waals surface area contributed by atoms with Gasteiger partial charge in [-0.1, -0.05) is 28.1 Å². The van der Waals surface area contributed by atoms with Gasteiger partial charge in [-0.25, -0.2) is 0 Å². The van der Waals surface area contributed by atoms with Gasteiger partial charge in [0.25, 0.3) is 0 Å². The first-order chi connectivity index (χ1) is 20.9. The summed E-state index contributed by atoms with van der Waals surface area (Å²) in [5.74, 6) is -0.577. The van der Waals surface area contributed by atoms with E-state index in [1.54, 1.807) is 0 Å². The third kappa shape index (κ3) is 7.28. The summed E-state index contributed by atoms with van der Waals surface area (Å²) in [4.78, 5) is 52.8. The van der Waals surface area contributed by atoms with Gasteiger partial charge in [0, 0.05) is 59.8 Å². The predicted octanol–water partition coefficient (Wildman–Crippen LogP) is 2.93. The number of aromatic amines is 4. The van der Waals surface area contributed by atoms with Gasteiger partial charge in [0.1, 0.15) is 0 Å². The van der Waals surface area contributed by atoms with Crippen LogP contribution in [0.4, 0.5) is 0 Å². The molecular weight excluding hydrogens is 666 g/mol. The van der Waals surface area contributed by atoms with Gasteiger partial charge in [0.05, 0.1) is 12.3 Å². The second kappa shape index (κ2) is 12.2. The lowest BCUT2D eigenvalue weighted by molar-refractivity contribution is 0.364. The van der Waals surface area contributed by atoms with Gasteiger partial charge < -0.3 is 39.5 Å². The highest BCUT2D eigenvalue weighted by Crippen LogP contribution is 2.42. The van der Waals surface area contributed by atoms with Crippen LogP contribution in [0.3, 0.4) is 0 Å². The smallest absolute Gasteiger partial charge is 0.325 e. The minimum atomic E-state index is -4.38. The Hall–Kier alpha value is -3.40. The zero-order chi connectivity index (χ0) is 31.1.